The molecule has 3 rings (SSSR count). The first-order valence-corrected chi connectivity index (χ1v) is 10.7. The minimum atomic E-state index is -0.0585. The number of nitrogens with one attached hydrogen (secondary N) is 1. The number of likely N-dealkylation sites (tertiary alicyclic amines) is 1. The van der Waals surface area contributed by atoms with Gasteiger partial charge < -0.3 is 10.2 Å². The van der Waals surface area contributed by atoms with Crippen LogP contribution in [0, 0.1) is 5.92 Å². The van der Waals surface area contributed by atoms with Crippen molar-refractivity contribution in [3.05, 3.63) is 33.7 Å². The molecule has 0 unspecified atom stereocenters. The Labute approximate surface area is 167 Å². The maximum absolute atomic E-state index is 12.4. The number of carbonyl (C=O) groups excluding carboxylic acids is 1. The summed E-state index contributed by atoms with van der Waals surface area (Å²) in [5.41, 5.74) is 0.688. The third kappa shape index (κ3) is 5.45. The summed E-state index contributed by atoms with van der Waals surface area (Å²) in [5.74, 6) is 1.98. The number of hydrogen-bond donors (Lipinski definition) is 1. The number of aromatic nitrogens is 2. The SMILES string of the molecule is CNCCC1CCN(C(=O)CSCc2cc(=O)n3ccsc3n2)CC1.Cl. The second kappa shape index (κ2) is 10.3. The molecule has 0 aromatic carbocycles. The van der Waals surface area contributed by atoms with Crippen molar-refractivity contribution in [2.75, 3.05) is 32.4 Å². The molecule has 2 aromatic rings. The average Bonchev–Trinajstić information content (AvgIpc) is 3.09. The lowest BCUT2D eigenvalue weighted by atomic mass is 9.93. The van der Waals surface area contributed by atoms with Crippen LogP contribution in [0.25, 0.3) is 4.96 Å². The van der Waals surface area contributed by atoms with Crippen molar-refractivity contribution in [1.29, 1.82) is 0 Å². The van der Waals surface area contributed by atoms with E-state index in [-0.39, 0.29) is 23.9 Å². The van der Waals surface area contributed by atoms with E-state index in [4.69, 9.17) is 0 Å². The van der Waals surface area contributed by atoms with Crippen LogP contribution in [0.3, 0.4) is 0 Å². The molecule has 3 heterocycles. The van der Waals surface area contributed by atoms with Gasteiger partial charge >= 0.3 is 0 Å². The Kier molecular flexibility index (Phi) is 8.40. The summed E-state index contributed by atoms with van der Waals surface area (Å²) in [4.78, 5) is 31.5. The molecular weight excluding hydrogens is 392 g/mol. The van der Waals surface area contributed by atoms with E-state index >= 15 is 0 Å². The van der Waals surface area contributed by atoms with Gasteiger partial charge in [-0.2, -0.15) is 0 Å². The maximum Gasteiger partial charge on any atom is 0.258 e. The fourth-order valence-electron chi connectivity index (χ4n) is 3.12. The van der Waals surface area contributed by atoms with Crippen LogP contribution in [-0.2, 0) is 10.5 Å². The molecule has 144 valence electrons. The number of amides is 1. The van der Waals surface area contributed by atoms with Gasteiger partial charge in [0.2, 0.25) is 5.91 Å². The quantitative estimate of drug-likeness (QED) is 0.749. The Morgan fingerprint density at radius 3 is 2.92 bits per heavy atom. The largest absolute Gasteiger partial charge is 0.342 e. The Morgan fingerprint density at radius 2 is 2.19 bits per heavy atom. The molecule has 0 saturated carbocycles. The predicted octanol–water partition coefficient (Wildman–Crippen LogP) is 2.26. The maximum atomic E-state index is 12.4. The lowest BCUT2D eigenvalue weighted by molar-refractivity contribution is -0.129. The van der Waals surface area contributed by atoms with E-state index in [2.05, 4.69) is 10.3 Å². The van der Waals surface area contributed by atoms with E-state index in [0.29, 0.717) is 16.5 Å². The van der Waals surface area contributed by atoms with Crippen LogP contribution in [0.1, 0.15) is 25.0 Å². The first-order valence-electron chi connectivity index (χ1n) is 8.63. The number of rotatable bonds is 7. The molecule has 26 heavy (non-hydrogen) atoms. The van der Waals surface area contributed by atoms with Crippen molar-refractivity contribution in [2.24, 2.45) is 5.92 Å². The summed E-state index contributed by atoms with van der Waals surface area (Å²) in [6.07, 6.45) is 5.13. The lowest BCUT2D eigenvalue weighted by Gasteiger charge is -2.32. The van der Waals surface area contributed by atoms with Gasteiger partial charge in [0.15, 0.2) is 4.96 Å². The Hall–Kier alpha value is -1.09. The average molecular weight is 417 g/mol. The van der Waals surface area contributed by atoms with Crippen molar-refractivity contribution in [1.82, 2.24) is 19.6 Å². The first kappa shape index (κ1) is 21.2. The molecule has 2 aromatic heterocycles. The van der Waals surface area contributed by atoms with E-state index in [0.717, 1.165) is 44.1 Å². The van der Waals surface area contributed by atoms with E-state index in [1.54, 1.807) is 16.7 Å². The van der Waals surface area contributed by atoms with E-state index < -0.39 is 0 Å². The number of fused-ring (bicyclic) bond motifs is 1. The third-order valence-corrected chi connectivity index (χ3v) is 6.31. The van der Waals surface area contributed by atoms with Gasteiger partial charge in [-0.05, 0) is 38.8 Å². The minimum absolute atomic E-state index is 0. The highest BCUT2D eigenvalue weighted by Crippen LogP contribution is 2.21. The van der Waals surface area contributed by atoms with Gasteiger partial charge in [-0.3, -0.25) is 14.0 Å². The number of nitrogens with zero attached hydrogens (tertiary/aromatic N) is 3. The normalized spacial score (nSPS) is 15.2. The molecule has 1 aliphatic rings. The van der Waals surface area contributed by atoms with Crippen LogP contribution in [0.15, 0.2) is 22.4 Å². The number of hydrogen-bond acceptors (Lipinski definition) is 6. The molecule has 0 spiro atoms. The molecule has 1 fully saturated rings. The number of carbonyl (C=O) groups is 1. The summed E-state index contributed by atoms with van der Waals surface area (Å²) in [6.45, 7) is 2.79. The van der Waals surface area contributed by atoms with Crippen LogP contribution < -0.4 is 10.9 Å². The molecule has 1 amide bonds. The van der Waals surface area contributed by atoms with E-state index in [1.807, 2.05) is 17.3 Å². The summed E-state index contributed by atoms with van der Waals surface area (Å²) in [6, 6.07) is 1.56. The number of thiazole rings is 1. The zero-order valence-electron chi connectivity index (χ0n) is 14.8. The monoisotopic (exact) mass is 416 g/mol. The molecule has 1 aliphatic heterocycles. The standard InChI is InChI=1S/C17H24N4O2S2.ClH/c1-18-5-2-13-3-6-20(7-4-13)16(23)12-24-11-14-10-15(22)21-8-9-25-17(21)19-14;/h8-10,13,18H,2-7,11-12H2,1H3;1H. The molecule has 0 atom stereocenters. The van der Waals surface area contributed by atoms with Crippen LogP contribution >= 0.6 is 35.5 Å². The second-order valence-corrected chi connectivity index (χ2v) is 8.21. The Morgan fingerprint density at radius 1 is 1.42 bits per heavy atom. The number of thioether (sulfide) groups is 1. The topological polar surface area (TPSA) is 66.7 Å². The lowest BCUT2D eigenvalue weighted by Crippen LogP contribution is -2.39. The van der Waals surface area contributed by atoms with Crippen molar-refractivity contribution < 1.29 is 4.79 Å². The van der Waals surface area contributed by atoms with Gasteiger partial charge in [-0.15, -0.1) is 35.5 Å². The molecule has 6 nitrogen and oxygen atoms in total. The molecule has 0 bridgehead atoms. The molecular formula is C17H25ClN4O2S2. The molecule has 0 radical (unpaired) electrons. The summed E-state index contributed by atoms with van der Waals surface area (Å²) < 4.78 is 1.54. The van der Waals surface area contributed by atoms with Gasteiger partial charge in [0.25, 0.3) is 5.56 Å². The number of halogens is 1. The highest BCUT2D eigenvalue weighted by Gasteiger charge is 2.22. The van der Waals surface area contributed by atoms with Crippen LogP contribution in [0.5, 0.6) is 0 Å². The zero-order valence-corrected chi connectivity index (χ0v) is 17.3. The van der Waals surface area contributed by atoms with Gasteiger partial charge in [0.05, 0.1) is 11.4 Å². The first-order chi connectivity index (χ1) is 12.2. The van der Waals surface area contributed by atoms with Gasteiger partial charge in [0, 0.05) is 36.5 Å². The van der Waals surface area contributed by atoms with Crippen molar-refractivity contribution >= 4 is 46.4 Å². The van der Waals surface area contributed by atoms with Gasteiger partial charge in [-0.25, -0.2) is 4.98 Å². The van der Waals surface area contributed by atoms with Crippen LogP contribution in [0.2, 0.25) is 0 Å². The molecule has 1 saturated heterocycles. The van der Waals surface area contributed by atoms with E-state index in [9.17, 15) is 9.59 Å². The molecule has 0 aliphatic carbocycles. The summed E-state index contributed by atoms with van der Waals surface area (Å²) >= 11 is 2.98. The Bertz CT molecular complexity index is 771. The fourth-order valence-corrected chi connectivity index (χ4v) is 4.67. The smallest absolute Gasteiger partial charge is 0.258 e. The van der Waals surface area contributed by atoms with Crippen molar-refractivity contribution in [2.45, 2.75) is 25.0 Å². The molecule has 9 heteroatoms. The van der Waals surface area contributed by atoms with E-state index in [1.165, 1.54) is 29.5 Å². The number of piperidine rings is 1. The summed E-state index contributed by atoms with van der Waals surface area (Å²) in [5, 5.41) is 5.04. The Balaban J connectivity index is 0.00000243. The highest BCUT2D eigenvalue weighted by molar-refractivity contribution is 7.99. The van der Waals surface area contributed by atoms with Crippen molar-refractivity contribution in [3.8, 4) is 0 Å². The highest BCUT2D eigenvalue weighted by atomic mass is 35.5. The van der Waals surface area contributed by atoms with Crippen LogP contribution in [0.4, 0.5) is 0 Å². The third-order valence-electron chi connectivity index (χ3n) is 4.60. The predicted molar refractivity (Wildman–Crippen MR) is 111 cm³/mol. The minimum Gasteiger partial charge on any atom is -0.342 e. The van der Waals surface area contributed by atoms with Crippen LogP contribution in [-0.4, -0.2) is 52.6 Å². The zero-order chi connectivity index (χ0) is 17.6. The fraction of sp³-hybridized carbons (Fsp3) is 0.588. The van der Waals surface area contributed by atoms with Gasteiger partial charge in [-0.1, -0.05) is 0 Å². The van der Waals surface area contributed by atoms with Gasteiger partial charge in [0.1, 0.15) is 0 Å². The molecule has 1 N–H and O–H groups in total. The summed E-state index contributed by atoms with van der Waals surface area (Å²) in [7, 11) is 1.98. The second-order valence-electron chi connectivity index (χ2n) is 6.35. The van der Waals surface area contributed by atoms with Crippen molar-refractivity contribution in [3.63, 3.8) is 0 Å².